The van der Waals surface area contributed by atoms with E-state index in [1.54, 1.807) is 0 Å². The lowest BCUT2D eigenvalue weighted by Gasteiger charge is -2.15. The van der Waals surface area contributed by atoms with Crippen molar-refractivity contribution >= 4 is 5.69 Å². The summed E-state index contributed by atoms with van der Waals surface area (Å²) in [6, 6.07) is 0. The maximum absolute atomic E-state index is 5.63. The minimum absolute atomic E-state index is 0.667. The number of hydrogen-bond donors (Lipinski definition) is 1. The van der Waals surface area contributed by atoms with Crippen molar-refractivity contribution in [2.45, 2.75) is 6.42 Å². The monoisotopic (exact) mass is 180 g/mol. The van der Waals surface area contributed by atoms with Gasteiger partial charge in [0.1, 0.15) is 0 Å². The van der Waals surface area contributed by atoms with E-state index in [1.807, 2.05) is 17.9 Å². The number of nitrogens with zero attached hydrogens (tertiary/aromatic N) is 3. The van der Waals surface area contributed by atoms with Gasteiger partial charge in [0.2, 0.25) is 0 Å². The van der Waals surface area contributed by atoms with Gasteiger partial charge in [0.25, 0.3) is 0 Å². The van der Waals surface area contributed by atoms with Crippen LogP contribution >= 0.6 is 0 Å². The summed E-state index contributed by atoms with van der Waals surface area (Å²) >= 11 is 0. The second-order valence-electron chi connectivity index (χ2n) is 3.71. The second-order valence-corrected chi connectivity index (χ2v) is 3.71. The molecule has 0 radical (unpaired) electrons. The molecule has 1 aliphatic rings. The maximum Gasteiger partial charge on any atom is 0.0752 e. The summed E-state index contributed by atoms with van der Waals surface area (Å²) in [5.41, 5.74) is 6.85. The Kier molecular flexibility index (Phi) is 2.22. The minimum Gasteiger partial charge on any atom is -0.369 e. The highest BCUT2D eigenvalue weighted by atomic mass is 15.3. The van der Waals surface area contributed by atoms with E-state index in [2.05, 4.69) is 16.2 Å². The van der Waals surface area contributed by atoms with Crippen LogP contribution in [0, 0.1) is 5.92 Å². The molecule has 1 aliphatic heterocycles. The van der Waals surface area contributed by atoms with Crippen LogP contribution in [0.25, 0.3) is 0 Å². The first kappa shape index (κ1) is 8.56. The van der Waals surface area contributed by atoms with E-state index in [9.17, 15) is 0 Å². The molecule has 1 atom stereocenters. The highest BCUT2D eigenvalue weighted by Gasteiger charge is 2.21. The van der Waals surface area contributed by atoms with Crippen LogP contribution in [0.1, 0.15) is 6.42 Å². The fourth-order valence-electron chi connectivity index (χ4n) is 1.83. The molecule has 1 aromatic heterocycles. The van der Waals surface area contributed by atoms with Gasteiger partial charge in [0.15, 0.2) is 0 Å². The van der Waals surface area contributed by atoms with Crippen molar-refractivity contribution in [2.75, 3.05) is 24.5 Å². The zero-order valence-corrected chi connectivity index (χ0v) is 7.98. The fourth-order valence-corrected chi connectivity index (χ4v) is 1.83. The van der Waals surface area contributed by atoms with Crippen molar-refractivity contribution in [3.8, 4) is 0 Å². The van der Waals surface area contributed by atoms with Crippen LogP contribution in [0.15, 0.2) is 12.4 Å². The molecule has 0 aromatic carbocycles. The Morgan fingerprint density at radius 1 is 1.69 bits per heavy atom. The van der Waals surface area contributed by atoms with Crippen LogP contribution in [0.3, 0.4) is 0 Å². The van der Waals surface area contributed by atoms with Gasteiger partial charge < -0.3 is 10.6 Å². The van der Waals surface area contributed by atoms with E-state index in [0.29, 0.717) is 5.92 Å². The molecule has 0 amide bonds. The van der Waals surface area contributed by atoms with Crippen LogP contribution in [-0.2, 0) is 7.05 Å². The highest BCUT2D eigenvalue weighted by molar-refractivity contribution is 5.43. The Morgan fingerprint density at radius 3 is 3.08 bits per heavy atom. The Labute approximate surface area is 78.3 Å². The average molecular weight is 180 g/mol. The average Bonchev–Trinajstić information content (AvgIpc) is 2.71. The summed E-state index contributed by atoms with van der Waals surface area (Å²) < 4.78 is 1.84. The van der Waals surface area contributed by atoms with Crippen LogP contribution in [-0.4, -0.2) is 29.4 Å². The molecular weight excluding hydrogens is 164 g/mol. The van der Waals surface area contributed by atoms with Crippen molar-refractivity contribution in [1.29, 1.82) is 0 Å². The van der Waals surface area contributed by atoms with Gasteiger partial charge in [-0.05, 0) is 18.9 Å². The molecular formula is C9H16N4. The minimum atomic E-state index is 0.667. The summed E-state index contributed by atoms with van der Waals surface area (Å²) in [7, 11) is 1.94. The van der Waals surface area contributed by atoms with E-state index < -0.39 is 0 Å². The number of hydrogen-bond acceptors (Lipinski definition) is 3. The molecule has 2 N–H and O–H groups in total. The fraction of sp³-hybridized carbons (Fsp3) is 0.667. The molecule has 4 nitrogen and oxygen atoms in total. The quantitative estimate of drug-likeness (QED) is 0.707. The zero-order valence-electron chi connectivity index (χ0n) is 7.98. The van der Waals surface area contributed by atoms with E-state index in [1.165, 1.54) is 12.1 Å². The topological polar surface area (TPSA) is 47.1 Å². The van der Waals surface area contributed by atoms with Crippen molar-refractivity contribution in [3.63, 3.8) is 0 Å². The Morgan fingerprint density at radius 2 is 2.54 bits per heavy atom. The molecule has 13 heavy (non-hydrogen) atoms. The molecule has 1 aromatic rings. The van der Waals surface area contributed by atoms with Crippen LogP contribution in [0.5, 0.6) is 0 Å². The lowest BCUT2D eigenvalue weighted by molar-refractivity contribution is 0.602. The van der Waals surface area contributed by atoms with Crippen molar-refractivity contribution < 1.29 is 0 Å². The molecule has 72 valence electrons. The van der Waals surface area contributed by atoms with Crippen molar-refractivity contribution in [1.82, 2.24) is 9.78 Å². The molecule has 1 saturated heterocycles. The third kappa shape index (κ3) is 1.67. The third-order valence-corrected chi connectivity index (χ3v) is 2.68. The van der Waals surface area contributed by atoms with Gasteiger partial charge in [-0.25, -0.2) is 0 Å². The van der Waals surface area contributed by atoms with Gasteiger partial charge in [-0.3, -0.25) is 4.68 Å². The predicted molar refractivity (Wildman–Crippen MR) is 52.6 cm³/mol. The van der Waals surface area contributed by atoms with Crippen LogP contribution in [0.4, 0.5) is 5.69 Å². The predicted octanol–water partition coefficient (Wildman–Crippen LogP) is 0.205. The number of aromatic nitrogens is 2. The van der Waals surface area contributed by atoms with Gasteiger partial charge in [-0.1, -0.05) is 0 Å². The van der Waals surface area contributed by atoms with Crippen LogP contribution < -0.4 is 10.6 Å². The Balaban J connectivity index is 2.03. The molecule has 0 spiro atoms. The van der Waals surface area contributed by atoms with E-state index in [4.69, 9.17) is 5.73 Å². The summed E-state index contributed by atoms with van der Waals surface area (Å²) in [6.07, 6.45) is 5.18. The molecule has 1 unspecified atom stereocenters. The van der Waals surface area contributed by atoms with E-state index in [0.717, 1.165) is 19.6 Å². The van der Waals surface area contributed by atoms with Gasteiger partial charge >= 0.3 is 0 Å². The van der Waals surface area contributed by atoms with Crippen LogP contribution in [0.2, 0.25) is 0 Å². The molecule has 0 aliphatic carbocycles. The van der Waals surface area contributed by atoms with Crippen molar-refractivity contribution in [3.05, 3.63) is 12.4 Å². The molecule has 4 heteroatoms. The SMILES string of the molecule is Cn1cc(N2CCC(CN)C2)cn1. The first-order valence-corrected chi connectivity index (χ1v) is 4.73. The van der Waals surface area contributed by atoms with Gasteiger partial charge in [0.05, 0.1) is 11.9 Å². The van der Waals surface area contributed by atoms with Gasteiger partial charge in [-0.2, -0.15) is 5.10 Å². The molecule has 2 heterocycles. The Hall–Kier alpha value is -1.03. The zero-order chi connectivity index (χ0) is 9.26. The number of rotatable bonds is 2. The normalized spacial score (nSPS) is 22.6. The lowest BCUT2D eigenvalue weighted by Crippen LogP contribution is -2.22. The Bertz CT molecular complexity index is 281. The van der Waals surface area contributed by atoms with Crippen molar-refractivity contribution in [2.24, 2.45) is 18.7 Å². The highest BCUT2D eigenvalue weighted by Crippen LogP contribution is 2.21. The first-order chi connectivity index (χ1) is 6.29. The maximum atomic E-state index is 5.63. The largest absolute Gasteiger partial charge is 0.369 e. The number of anilines is 1. The van der Waals surface area contributed by atoms with E-state index in [-0.39, 0.29) is 0 Å². The van der Waals surface area contributed by atoms with Gasteiger partial charge in [0, 0.05) is 26.3 Å². The standard InChI is InChI=1S/C9H16N4/c1-12-7-9(5-11-12)13-3-2-8(4-10)6-13/h5,7-8H,2-4,6,10H2,1H3. The molecule has 0 bridgehead atoms. The summed E-state index contributed by atoms with van der Waals surface area (Å²) in [4.78, 5) is 2.35. The molecule has 1 fully saturated rings. The molecule has 0 saturated carbocycles. The smallest absolute Gasteiger partial charge is 0.0752 e. The van der Waals surface area contributed by atoms with E-state index >= 15 is 0 Å². The summed E-state index contributed by atoms with van der Waals surface area (Å²) in [5, 5.41) is 4.16. The lowest BCUT2D eigenvalue weighted by atomic mass is 10.1. The second kappa shape index (κ2) is 3.38. The summed E-state index contributed by atoms with van der Waals surface area (Å²) in [6.45, 7) is 3.01. The number of aryl methyl sites for hydroxylation is 1. The number of nitrogens with two attached hydrogens (primary N) is 1. The first-order valence-electron chi connectivity index (χ1n) is 4.73. The summed E-state index contributed by atoms with van der Waals surface area (Å²) in [5.74, 6) is 0.667. The third-order valence-electron chi connectivity index (χ3n) is 2.68. The van der Waals surface area contributed by atoms with Gasteiger partial charge in [-0.15, -0.1) is 0 Å². The molecule has 2 rings (SSSR count).